The molecule has 0 aliphatic carbocycles. The lowest BCUT2D eigenvalue weighted by Gasteiger charge is -2.12. The fraction of sp³-hybridized carbons (Fsp3) is 0.909. The van der Waals surface area contributed by atoms with E-state index < -0.39 is 0 Å². The van der Waals surface area contributed by atoms with Gasteiger partial charge in [-0.15, -0.1) is 0 Å². The summed E-state index contributed by atoms with van der Waals surface area (Å²) < 4.78 is 0. The first-order valence-electron chi connectivity index (χ1n) is 5.41. The van der Waals surface area contributed by atoms with Gasteiger partial charge in [0, 0.05) is 12.5 Å². The van der Waals surface area contributed by atoms with Crippen molar-refractivity contribution >= 4 is 0 Å². The Morgan fingerprint density at radius 3 is 2.69 bits per heavy atom. The van der Waals surface area contributed by atoms with E-state index in [0.29, 0.717) is 12.5 Å². The number of unbranched alkanes of at least 4 members (excludes halogenated alkanes) is 3. The molecule has 0 spiro atoms. The zero-order valence-corrected chi connectivity index (χ0v) is 8.97. The number of nitriles is 1. The molecule has 0 heterocycles. The zero-order chi connectivity index (χ0) is 9.94. The topological polar surface area (TPSA) is 35.8 Å². The largest absolute Gasteiger partial charge is 0.314 e. The molecule has 2 nitrogen and oxygen atoms in total. The van der Waals surface area contributed by atoms with Gasteiger partial charge in [0.25, 0.3) is 0 Å². The maximum atomic E-state index is 8.33. The molecule has 76 valence electrons. The Labute approximate surface area is 82.3 Å². The van der Waals surface area contributed by atoms with Crippen LogP contribution in [0.5, 0.6) is 0 Å². The van der Waals surface area contributed by atoms with Crippen molar-refractivity contribution in [1.82, 2.24) is 5.32 Å². The minimum atomic E-state index is 0.616. The molecular weight excluding hydrogens is 160 g/mol. The normalized spacial score (nSPS) is 12.4. The van der Waals surface area contributed by atoms with Crippen LogP contribution in [0.3, 0.4) is 0 Å². The van der Waals surface area contributed by atoms with Crippen molar-refractivity contribution in [1.29, 1.82) is 5.26 Å². The summed E-state index contributed by atoms with van der Waals surface area (Å²) in [5.41, 5.74) is 0. The van der Waals surface area contributed by atoms with Crippen LogP contribution in [0.4, 0.5) is 0 Å². The second-order valence-electron chi connectivity index (χ2n) is 3.61. The highest BCUT2D eigenvalue weighted by Crippen LogP contribution is 2.02. The van der Waals surface area contributed by atoms with E-state index in [1.54, 1.807) is 0 Å². The Kier molecular flexibility index (Phi) is 9.13. The third kappa shape index (κ3) is 9.36. The van der Waals surface area contributed by atoms with Crippen LogP contribution in [0, 0.1) is 11.3 Å². The van der Waals surface area contributed by atoms with E-state index in [0.717, 1.165) is 13.0 Å². The van der Waals surface area contributed by atoms with Gasteiger partial charge in [-0.2, -0.15) is 5.26 Å². The second kappa shape index (κ2) is 9.54. The average Bonchev–Trinajstić information content (AvgIpc) is 2.13. The minimum Gasteiger partial charge on any atom is -0.314 e. The maximum absolute atomic E-state index is 8.33. The van der Waals surface area contributed by atoms with Crippen LogP contribution in [0.2, 0.25) is 0 Å². The van der Waals surface area contributed by atoms with Gasteiger partial charge in [-0.1, -0.05) is 26.2 Å². The van der Waals surface area contributed by atoms with Gasteiger partial charge in [-0.05, 0) is 26.3 Å². The third-order valence-corrected chi connectivity index (χ3v) is 2.20. The minimum absolute atomic E-state index is 0.616. The molecule has 1 N–H and O–H groups in total. The zero-order valence-electron chi connectivity index (χ0n) is 8.97. The molecule has 2 heteroatoms. The Bertz CT molecular complexity index is 138. The second-order valence-corrected chi connectivity index (χ2v) is 3.61. The van der Waals surface area contributed by atoms with Gasteiger partial charge in [0.1, 0.15) is 0 Å². The fourth-order valence-corrected chi connectivity index (χ4v) is 1.32. The molecule has 0 aromatic heterocycles. The molecule has 0 fully saturated rings. The van der Waals surface area contributed by atoms with E-state index in [-0.39, 0.29) is 0 Å². The molecule has 0 saturated carbocycles. The van der Waals surface area contributed by atoms with Crippen LogP contribution in [0.15, 0.2) is 0 Å². The van der Waals surface area contributed by atoms with E-state index in [9.17, 15) is 0 Å². The van der Waals surface area contributed by atoms with Crippen molar-refractivity contribution in [2.45, 2.75) is 58.4 Å². The summed E-state index contributed by atoms with van der Waals surface area (Å²) in [5.74, 6) is 0. The lowest BCUT2D eigenvalue weighted by atomic mass is 10.1. The Morgan fingerprint density at radius 1 is 1.31 bits per heavy atom. The number of rotatable bonds is 8. The lowest BCUT2D eigenvalue weighted by molar-refractivity contribution is 0.484. The lowest BCUT2D eigenvalue weighted by Crippen LogP contribution is -2.26. The van der Waals surface area contributed by atoms with Gasteiger partial charge in [-0.3, -0.25) is 0 Å². The summed E-state index contributed by atoms with van der Waals surface area (Å²) in [5, 5.41) is 11.8. The van der Waals surface area contributed by atoms with Gasteiger partial charge in [0.2, 0.25) is 0 Å². The predicted octanol–water partition coefficient (Wildman–Crippen LogP) is 2.85. The maximum Gasteiger partial charge on any atom is 0.0622 e. The number of hydrogen-bond acceptors (Lipinski definition) is 2. The van der Waals surface area contributed by atoms with Crippen molar-refractivity contribution in [3.05, 3.63) is 0 Å². The fourth-order valence-electron chi connectivity index (χ4n) is 1.32. The van der Waals surface area contributed by atoms with Crippen LogP contribution in [0.1, 0.15) is 52.4 Å². The Balaban J connectivity index is 3.11. The molecule has 0 rings (SSSR count). The highest BCUT2D eigenvalue weighted by atomic mass is 14.9. The molecular formula is C11H22N2. The molecule has 0 bridgehead atoms. The van der Waals surface area contributed by atoms with Gasteiger partial charge in [0.15, 0.2) is 0 Å². The van der Waals surface area contributed by atoms with Gasteiger partial charge < -0.3 is 5.32 Å². The van der Waals surface area contributed by atoms with E-state index in [2.05, 4.69) is 25.2 Å². The van der Waals surface area contributed by atoms with Crippen LogP contribution in [-0.4, -0.2) is 12.6 Å². The van der Waals surface area contributed by atoms with Crippen molar-refractivity contribution < 1.29 is 0 Å². The number of hydrogen-bond donors (Lipinski definition) is 1. The molecule has 0 aromatic rings. The predicted molar refractivity (Wildman–Crippen MR) is 56.5 cm³/mol. The van der Waals surface area contributed by atoms with E-state index in [1.165, 1.54) is 25.7 Å². The monoisotopic (exact) mass is 182 g/mol. The molecule has 0 aromatic carbocycles. The van der Waals surface area contributed by atoms with Gasteiger partial charge >= 0.3 is 0 Å². The van der Waals surface area contributed by atoms with Gasteiger partial charge in [0.05, 0.1) is 6.07 Å². The van der Waals surface area contributed by atoms with Crippen molar-refractivity contribution in [3.63, 3.8) is 0 Å². The summed E-state index contributed by atoms with van der Waals surface area (Å²) in [6.07, 6.45) is 6.87. The summed E-state index contributed by atoms with van der Waals surface area (Å²) >= 11 is 0. The average molecular weight is 182 g/mol. The third-order valence-electron chi connectivity index (χ3n) is 2.20. The molecule has 0 amide bonds. The van der Waals surface area contributed by atoms with Crippen LogP contribution in [-0.2, 0) is 0 Å². The van der Waals surface area contributed by atoms with Gasteiger partial charge in [-0.25, -0.2) is 0 Å². The first kappa shape index (κ1) is 12.4. The molecule has 0 unspecified atom stereocenters. The standard InChI is InChI=1S/C11H22N2/c1-3-4-5-8-11(2)13-10-7-6-9-12/h11,13H,3-8,10H2,1-2H3/t11-/m0/s1. The van der Waals surface area contributed by atoms with Crippen molar-refractivity contribution in [2.24, 2.45) is 0 Å². The van der Waals surface area contributed by atoms with Crippen LogP contribution in [0.25, 0.3) is 0 Å². The first-order valence-corrected chi connectivity index (χ1v) is 5.41. The molecule has 13 heavy (non-hydrogen) atoms. The smallest absolute Gasteiger partial charge is 0.0622 e. The first-order chi connectivity index (χ1) is 6.31. The summed E-state index contributed by atoms with van der Waals surface area (Å²) in [7, 11) is 0. The summed E-state index contributed by atoms with van der Waals surface area (Å²) in [6, 6.07) is 2.77. The Hall–Kier alpha value is -0.550. The molecule has 0 radical (unpaired) electrons. The molecule has 1 atom stereocenters. The quantitative estimate of drug-likeness (QED) is 0.586. The van der Waals surface area contributed by atoms with E-state index in [4.69, 9.17) is 5.26 Å². The SMILES string of the molecule is CCCCC[C@H](C)NCCCC#N. The summed E-state index contributed by atoms with van der Waals surface area (Å²) in [4.78, 5) is 0. The van der Waals surface area contributed by atoms with Crippen LogP contribution >= 0.6 is 0 Å². The van der Waals surface area contributed by atoms with E-state index >= 15 is 0 Å². The molecule has 0 saturated heterocycles. The van der Waals surface area contributed by atoms with Crippen molar-refractivity contribution in [2.75, 3.05) is 6.54 Å². The highest BCUT2D eigenvalue weighted by molar-refractivity contribution is 4.70. The highest BCUT2D eigenvalue weighted by Gasteiger charge is 1.99. The summed E-state index contributed by atoms with van der Waals surface area (Å²) in [6.45, 7) is 5.44. The number of nitrogens with zero attached hydrogens (tertiary/aromatic N) is 1. The van der Waals surface area contributed by atoms with Crippen molar-refractivity contribution in [3.8, 4) is 6.07 Å². The number of nitrogens with one attached hydrogen (secondary N) is 1. The molecule has 0 aliphatic rings. The van der Waals surface area contributed by atoms with E-state index in [1.807, 2.05) is 0 Å². The molecule has 0 aliphatic heterocycles. The Morgan fingerprint density at radius 2 is 2.08 bits per heavy atom. The van der Waals surface area contributed by atoms with Crippen LogP contribution < -0.4 is 5.32 Å².